The van der Waals surface area contributed by atoms with Crippen molar-refractivity contribution in [1.29, 1.82) is 0 Å². The van der Waals surface area contributed by atoms with Crippen LogP contribution in [0.4, 0.5) is 0 Å². The van der Waals surface area contributed by atoms with Crippen LogP contribution in [0.25, 0.3) is 0 Å². The fraction of sp³-hybridized carbons (Fsp3) is 0.909. The van der Waals surface area contributed by atoms with Gasteiger partial charge in [-0.3, -0.25) is 4.79 Å². The number of methoxy groups -OCH3 is 1. The topological polar surface area (TPSA) is 67.8 Å². The molecule has 5 nitrogen and oxygen atoms in total. The fourth-order valence-electron chi connectivity index (χ4n) is 1.78. The number of hydrogen-bond donors (Lipinski definition) is 2. The van der Waals surface area contributed by atoms with Crippen LogP contribution < -0.4 is 5.32 Å². The predicted octanol–water partition coefficient (Wildman–Crippen LogP) is 0.0691. The number of hydrogen-bond acceptors (Lipinski definition) is 5. The second-order valence-corrected chi connectivity index (χ2v) is 4.20. The highest BCUT2D eigenvalue weighted by atomic mass is 16.5. The molecule has 0 spiro atoms. The molecule has 1 aliphatic rings. The van der Waals surface area contributed by atoms with E-state index in [9.17, 15) is 9.90 Å². The molecule has 5 heteroatoms. The lowest BCUT2D eigenvalue weighted by atomic mass is 9.94. The number of carbonyl (C=O) groups is 1. The molecule has 0 aliphatic carbocycles. The number of carbonyl (C=O) groups excluding carboxylic acids is 1. The number of aliphatic hydroxyl groups is 1. The van der Waals surface area contributed by atoms with E-state index in [2.05, 4.69) is 10.1 Å². The van der Waals surface area contributed by atoms with E-state index in [1.54, 1.807) is 0 Å². The van der Waals surface area contributed by atoms with Gasteiger partial charge in [0.05, 0.1) is 12.7 Å². The van der Waals surface area contributed by atoms with Crippen molar-refractivity contribution in [2.24, 2.45) is 0 Å². The minimum absolute atomic E-state index is 0.279. The Balaban J connectivity index is 2.38. The summed E-state index contributed by atoms with van der Waals surface area (Å²) in [5.41, 5.74) is -0.750. The molecule has 0 aromatic rings. The van der Waals surface area contributed by atoms with Gasteiger partial charge in [-0.1, -0.05) is 6.92 Å². The summed E-state index contributed by atoms with van der Waals surface area (Å²) in [6.45, 7) is 3.47. The summed E-state index contributed by atoms with van der Waals surface area (Å²) in [6, 6.07) is -0.336. The highest BCUT2D eigenvalue weighted by Crippen LogP contribution is 2.19. The number of nitrogens with one attached hydrogen (secondary N) is 1. The van der Waals surface area contributed by atoms with Gasteiger partial charge in [0.15, 0.2) is 0 Å². The van der Waals surface area contributed by atoms with Gasteiger partial charge >= 0.3 is 5.97 Å². The smallest absolute Gasteiger partial charge is 0.322 e. The molecule has 1 unspecified atom stereocenters. The van der Waals surface area contributed by atoms with Crippen LogP contribution in [-0.4, -0.2) is 49.6 Å². The van der Waals surface area contributed by atoms with Gasteiger partial charge in [-0.25, -0.2) is 0 Å². The first kappa shape index (κ1) is 13.4. The van der Waals surface area contributed by atoms with Gasteiger partial charge in [0, 0.05) is 32.6 Å². The van der Waals surface area contributed by atoms with E-state index in [4.69, 9.17) is 4.74 Å². The van der Waals surface area contributed by atoms with Gasteiger partial charge in [0.25, 0.3) is 0 Å². The molecule has 0 aromatic carbocycles. The Labute approximate surface area is 96.1 Å². The third-order valence-corrected chi connectivity index (χ3v) is 2.99. The van der Waals surface area contributed by atoms with Crippen LogP contribution in [0.5, 0.6) is 0 Å². The monoisotopic (exact) mass is 231 g/mol. The van der Waals surface area contributed by atoms with Gasteiger partial charge in [-0.15, -0.1) is 0 Å². The lowest BCUT2D eigenvalue weighted by Crippen LogP contribution is -2.49. The normalized spacial score (nSPS) is 21.4. The van der Waals surface area contributed by atoms with Gasteiger partial charge in [0.2, 0.25) is 0 Å². The van der Waals surface area contributed by atoms with Gasteiger partial charge in [0.1, 0.15) is 6.04 Å². The largest absolute Gasteiger partial charge is 0.468 e. The molecule has 0 radical (unpaired) electrons. The average Bonchev–Trinajstić information content (AvgIpc) is 2.30. The van der Waals surface area contributed by atoms with Crippen LogP contribution in [0.3, 0.4) is 0 Å². The van der Waals surface area contributed by atoms with Crippen molar-refractivity contribution in [1.82, 2.24) is 5.32 Å². The standard InChI is InChI=1S/C11H21NO4/c1-3-9(10(13)15-2)12-8-11(14)4-6-16-7-5-11/h9,12,14H,3-8H2,1-2H3. The Morgan fingerprint density at radius 1 is 1.56 bits per heavy atom. The number of ether oxygens (including phenoxy) is 2. The van der Waals surface area contributed by atoms with E-state index in [1.165, 1.54) is 7.11 Å². The Hall–Kier alpha value is -0.650. The van der Waals surface area contributed by atoms with Crippen LogP contribution >= 0.6 is 0 Å². The maximum Gasteiger partial charge on any atom is 0.322 e. The molecule has 0 aromatic heterocycles. The van der Waals surface area contributed by atoms with Crippen molar-refractivity contribution in [3.8, 4) is 0 Å². The van der Waals surface area contributed by atoms with Gasteiger partial charge in [-0.05, 0) is 6.42 Å². The van der Waals surface area contributed by atoms with E-state index < -0.39 is 5.60 Å². The lowest BCUT2D eigenvalue weighted by molar-refractivity contribution is -0.143. The third-order valence-electron chi connectivity index (χ3n) is 2.99. The Kier molecular flexibility index (Phi) is 5.18. The summed E-state index contributed by atoms with van der Waals surface area (Å²) in [5.74, 6) is -0.279. The van der Waals surface area contributed by atoms with Crippen LogP contribution in [-0.2, 0) is 14.3 Å². The number of rotatable bonds is 5. The maximum atomic E-state index is 11.3. The SMILES string of the molecule is CCC(NCC1(O)CCOCC1)C(=O)OC. The van der Waals surface area contributed by atoms with Crippen LogP contribution in [0.2, 0.25) is 0 Å². The molecule has 0 saturated carbocycles. The minimum Gasteiger partial charge on any atom is -0.468 e. The molecule has 1 saturated heterocycles. The van der Waals surface area contributed by atoms with Crippen LogP contribution in [0.1, 0.15) is 26.2 Å². The highest BCUT2D eigenvalue weighted by Gasteiger charge is 2.31. The van der Waals surface area contributed by atoms with E-state index >= 15 is 0 Å². The Bertz CT molecular complexity index is 226. The second-order valence-electron chi connectivity index (χ2n) is 4.20. The van der Waals surface area contributed by atoms with E-state index in [0.717, 1.165) is 0 Å². The van der Waals surface area contributed by atoms with Crippen molar-refractivity contribution in [3.63, 3.8) is 0 Å². The van der Waals surface area contributed by atoms with Crippen molar-refractivity contribution >= 4 is 5.97 Å². The molecule has 1 aliphatic heterocycles. The molecule has 1 heterocycles. The molecule has 2 N–H and O–H groups in total. The molecular weight excluding hydrogens is 210 g/mol. The molecule has 0 amide bonds. The molecule has 0 bridgehead atoms. The summed E-state index contributed by atoms with van der Waals surface area (Å²) in [5, 5.41) is 13.2. The number of esters is 1. The zero-order chi connectivity index (χ0) is 12.0. The second kappa shape index (κ2) is 6.18. The molecule has 16 heavy (non-hydrogen) atoms. The summed E-state index contributed by atoms with van der Waals surface area (Å²) < 4.78 is 9.86. The van der Waals surface area contributed by atoms with Crippen LogP contribution in [0, 0.1) is 0 Å². The highest BCUT2D eigenvalue weighted by molar-refractivity contribution is 5.75. The first-order valence-electron chi connectivity index (χ1n) is 5.72. The van der Waals surface area contributed by atoms with Crippen molar-refractivity contribution in [2.75, 3.05) is 26.9 Å². The minimum atomic E-state index is -0.750. The maximum absolute atomic E-state index is 11.3. The summed E-state index contributed by atoms with van der Waals surface area (Å²) in [6.07, 6.45) is 1.87. The van der Waals surface area contributed by atoms with E-state index in [-0.39, 0.29) is 12.0 Å². The average molecular weight is 231 g/mol. The molecule has 1 atom stereocenters. The molecular formula is C11H21NO4. The first-order valence-corrected chi connectivity index (χ1v) is 5.72. The van der Waals surface area contributed by atoms with Crippen molar-refractivity contribution in [3.05, 3.63) is 0 Å². The Morgan fingerprint density at radius 2 is 2.19 bits per heavy atom. The summed E-state index contributed by atoms with van der Waals surface area (Å²) in [7, 11) is 1.37. The zero-order valence-corrected chi connectivity index (χ0v) is 9.99. The van der Waals surface area contributed by atoms with Gasteiger partial charge < -0.3 is 19.9 Å². The van der Waals surface area contributed by atoms with E-state index in [1.807, 2.05) is 6.92 Å². The van der Waals surface area contributed by atoms with Crippen molar-refractivity contribution < 1.29 is 19.4 Å². The third kappa shape index (κ3) is 3.73. The summed E-state index contributed by atoms with van der Waals surface area (Å²) >= 11 is 0. The molecule has 1 fully saturated rings. The molecule has 94 valence electrons. The first-order chi connectivity index (χ1) is 7.61. The van der Waals surface area contributed by atoms with Crippen molar-refractivity contribution in [2.45, 2.75) is 37.8 Å². The Morgan fingerprint density at radius 3 is 2.69 bits per heavy atom. The van der Waals surface area contributed by atoms with E-state index in [0.29, 0.717) is 39.0 Å². The quantitative estimate of drug-likeness (QED) is 0.655. The van der Waals surface area contributed by atoms with Crippen LogP contribution in [0.15, 0.2) is 0 Å². The predicted molar refractivity (Wildman–Crippen MR) is 59.1 cm³/mol. The van der Waals surface area contributed by atoms with Gasteiger partial charge in [-0.2, -0.15) is 0 Å². The zero-order valence-electron chi connectivity index (χ0n) is 9.99. The fourth-order valence-corrected chi connectivity index (χ4v) is 1.78. The summed E-state index contributed by atoms with van der Waals surface area (Å²) in [4.78, 5) is 11.3. The molecule has 1 rings (SSSR count). The lowest BCUT2D eigenvalue weighted by Gasteiger charge is -2.33.